The molecule has 0 aromatic heterocycles. The summed E-state index contributed by atoms with van der Waals surface area (Å²) in [5.74, 6) is 0.997. The Bertz CT molecular complexity index is 1040. The molecule has 2 atom stereocenters. The van der Waals surface area contributed by atoms with Crippen LogP contribution in [0.5, 0.6) is 11.5 Å². The third-order valence-electron chi connectivity index (χ3n) is 5.11. The minimum atomic E-state index is -3.36. The predicted molar refractivity (Wildman–Crippen MR) is 112 cm³/mol. The van der Waals surface area contributed by atoms with Gasteiger partial charge in [0, 0.05) is 11.6 Å². The second-order valence-electron chi connectivity index (χ2n) is 7.27. The molecule has 1 N–H and O–H groups in total. The molecule has 0 aliphatic carbocycles. The standard InChI is InChI=1S/C21H26N2O5S/c1-13-10-17-11-16(6-8-18(17)23(13)29(5,25)26)21(24)22-14(2)15-7-9-19(27-3)20(12-15)28-4/h6-9,11-14H,10H2,1-5H3,(H,22,24). The topological polar surface area (TPSA) is 84.9 Å². The summed E-state index contributed by atoms with van der Waals surface area (Å²) >= 11 is 0. The van der Waals surface area contributed by atoms with E-state index in [4.69, 9.17) is 9.47 Å². The number of hydrogen-bond donors (Lipinski definition) is 1. The Hall–Kier alpha value is -2.74. The van der Waals surface area contributed by atoms with Crippen molar-refractivity contribution in [1.29, 1.82) is 0 Å². The summed E-state index contributed by atoms with van der Waals surface area (Å²) in [7, 11) is -0.218. The minimum Gasteiger partial charge on any atom is -0.493 e. The van der Waals surface area contributed by atoms with E-state index in [1.165, 1.54) is 10.6 Å². The number of carbonyl (C=O) groups is 1. The van der Waals surface area contributed by atoms with E-state index in [0.717, 1.165) is 11.1 Å². The molecule has 2 unspecified atom stereocenters. The highest BCUT2D eigenvalue weighted by atomic mass is 32.2. The summed E-state index contributed by atoms with van der Waals surface area (Å²) in [5.41, 5.74) is 2.88. The van der Waals surface area contributed by atoms with E-state index in [2.05, 4.69) is 5.32 Å². The van der Waals surface area contributed by atoms with Crippen molar-refractivity contribution in [1.82, 2.24) is 5.32 Å². The van der Waals surface area contributed by atoms with Crippen LogP contribution in [0.15, 0.2) is 36.4 Å². The van der Waals surface area contributed by atoms with Gasteiger partial charge in [0.1, 0.15) is 0 Å². The van der Waals surface area contributed by atoms with Gasteiger partial charge in [-0.25, -0.2) is 8.42 Å². The van der Waals surface area contributed by atoms with Gasteiger partial charge in [0.05, 0.1) is 32.2 Å². The highest BCUT2D eigenvalue weighted by Crippen LogP contribution is 2.35. The van der Waals surface area contributed by atoms with Crippen LogP contribution in [0.25, 0.3) is 0 Å². The largest absolute Gasteiger partial charge is 0.493 e. The number of hydrogen-bond acceptors (Lipinski definition) is 5. The molecule has 1 amide bonds. The van der Waals surface area contributed by atoms with E-state index in [9.17, 15) is 13.2 Å². The molecule has 7 nitrogen and oxygen atoms in total. The van der Waals surface area contributed by atoms with Gasteiger partial charge in [-0.2, -0.15) is 0 Å². The van der Waals surface area contributed by atoms with E-state index < -0.39 is 10.0 Å². The van der Waals surface area contributed by atoms with Gasteiger partial charge in [-0.3, -0.25) is 9.10 Å². The molecular formula is C21H26N2O5S. The fourth-order valence-electron chi connectivity index (χ4n) is 3.73. The molecule has 0 spiro atoms. The molecule has 1 aliphatic heterocycles. The third-order valence-corrected chi connectivity index (χ3v) is 6.38. The maximum Gasteiger partial charge on any atom is 0.251 e. The highest BCUT2D eigenvalue weighted by Gasteiger charge is 2.32. The van der Waals surface area contributed by atoms with Crippen LogP contribution in [0.1, 0.15) is 41.4 Å². The smallest absolute Gasteiger partial charge is 0.251 e. The molecule has 0 fully saturated rings. The summed E-state index contributed by atoms with van der Waals surface area (Å²) in [4.78, 5) is 12.8. The lowest BCUT2D eigenvalue weighted by molar-refractivity contribution is 0.0939. The molecule has 29 heavy (non-hydrogen) atoms. The second kappa shape index (κ2) is 7.94. The summed E-state index contributed by atoms with van der Waals surface area (Å²) in [6, 6.07) is 10.2. The van der Waals surface area contributed by atoms with Crippen molar-refractivity contribution < 1.29 is 22.7 Å². The number of benzene rings is 2. The maximum absolute atomic E-state index is 12.8. The van der Waals surface area contributed by atoms with Crippen LogP contribution in [0.3, 0.4) is 0 Å². The van der Waals surface area contributed by atoms with Crippen molar-refractivity contribution in [2.75, 3.05) is 24.8 Å². The number of rotatable bonds is 6. The zero-order valence-electron chi connectivity index (χ0n) is 17.2. The second-order valence-corrected chi connectivity index (χ2v) is 9.12. The van der Waals surface area contributed by atoms with E-state index >= 15 is 0 Å². The number of nitrogens with one attached hydrogen (secondary N) is 1. The van der Waals surface area contributed by atoms with Crippen molar-refractivity contribution in [2.45, 2.75) is 32.4 Å². The number of nitrogens with zero attached hydrogens (tertiary/aromatic N) is 1. The Morgan fingerprint density at radius 2 is 1.83 bits per heavy atom. The zero-order chi connectivity index (χ0) is 21.3. The van der Waals surface area contributed by atoms with Crippen molar-refractivity contribution in [3.8, 4) is 11.5 Å². The monoisotopic (exact) mass is 418 g/mol. The van der Waals surface area contributed by atoms with Crippen molar-refractivity contribution in [3.05, 3.63) is 53.1 Å². The number of methoxy groups -OCH3 is 2. The van der Waals surface area contributed by atoms with Crippen LogP contribution in [-0.4, -0.2) is 40.8 Å². The molecule has 2 aromatic carbocycles. The number of amides is 1. The van der Waals surface area contributed by atoms with Crippen LogP contribution in [-0.2, 0) is 16.4 Å². The molecule has 156 valence electrons. The fraction of sp³-hybridized carbons (Fsp3) is 0.381. The first-order valence-electron chi connectivity index (χ1n) is 9.30. The molecule has 0 saturated heterocycles. The lowest BCUT2D eigenvalue weighted by Gasteiger charge is -2.22. The van der Waals surface area contributed by atoms with Crippen LogP contribution in [0.4, 0.5) is 5.69 Å². The normalized spacial score (nSPS) is 16.9. The van der Waals surface area contributed by atoms with E-state index in [0.29, 0.717) is 29.2 Å². The third kappa shape index (κ3) is 4.17. The lowest BCUT2D eigenvalue weighted by atomic mass is 10.0. The number of anilines is 1. The SMILES string of the molecule is COc1ccc(C(C)NC(=O)c2ccc3c(c2)CC(C)N3S(C)(=O)=O)cc1OC. The number of ether oxygens (including phenoxy) is 2. The molecule has 1 heterocycles. The van der Waals surface area contributed by atoms with Crippen LogP contribution >= 0.6 is 0 Å². The average Bonchev–Trinajstić information content (AvgIpc) is 3.02. The van der Waals surface area contributed by atoms with Crippen molar-refractivity contribution in [2.24, 2.45) is 0 Å². The Balaban J connectivity index is 1.79. The van der Waals surface area contributed by atoms with E-state index in [1.807, 2.05) is 26.0 Å². The molecule has 0 radical (unpaired) electrons. The van der Waals surface area contributed by atoms with Crippen molar-refractivity contribution >= 4 is 21.6 Å². The van der Waals surface area contributed by atoms with Crippen LogP contribution in [0.2, 0.25) is 0 Å². The predicted octanol–water partition coefficient (Wildman–Crippen LogP) is 2.91. The molecule has 2 aromatic rings. The molecule has 1 aliphatic rings. The van der Waals surface area contributed by atoms with Crippen molar-refractivity contribution in [3.63, 3.8) is 0 Å². The average molecular weight is 419 g/mol. The van der Waals surface area contributed by atoms with Gasteiger partial charge in [0.2, 0.25) is 10.0 Å². The molecular weight excluding hydrogens is 392 g/mol. The summed E-state index contributed by atoms with van der Waals surface area (Å²) < 4.78 is 36.1. The lowest BCUT2D eigenvalue weighted by Crippen LogP contribution is -2.34. The minimum absolute atomic E-state index is 0.163. The van der Waals surface area contributed by atoms with Gasteiger partial charge >= 0.3 is 0 Å². The molecule has 0 bridgehead atoms. The van der Waals surface area contributed by atoms with Gasteiger partial charge in [-0.05, 0) is 61.7 Å². The molecule has 0 saturated carbocycles. The highest BCUT2D eigenvalue weighted by molar-refractivity contribution is 7.92. The first-order chi connectivity index (χ1) is 13.7. The molecule has 8 heteroatoms. The Labute approximate surface area is 171 Å². The number of carbonyl (C=O) groups excluding carboxylic acids is 1. The van der Waals surface area contributed by atoms with Gasteiger partial charge in [-0.15, -0.1) is 0 Å². The van der Waals surface area contributed by atoms with Gasteiger partial charge in [0.25, 0.3) is 5.91 Å². The van der Waals surface area contributed by atoms with Gasteiger partial charge in [0.15, 0.2) is 11.5 Å². The maximum atomic E-state index is 12.8. The van der Waals surface area contributed by atoms with Gasteiger partial charge < -0.3 is 14.8 Å². The van der Waals surface area contributed by atoms with E-state index in [-0.39, 0.29) is 18.0 Å². The Morgan fingerprint density at radius 1 is 1.14 bits per heavy atom. The Morgan fingerprint density at radius 3 is 2.45 bits per heavy atom. The summed E-state index contributed by atoms with van der Waals surface area (Å²) in [6.45, 7) is 3.75. The number of sulfonamides is 1. The van der Waals surface area contributed by atoms with Crippen LogP contribution in [0, 0.1) is 0 Å². The summed E-state index contributed by atoms with van der Waals surface area (Å²) in [6.07, 6.45) is 1.78. The fourth-order valence-corrected chi connectivity index (χ4v) is 5.00. The molecule has 3 rings (SSSR count). The van der Waals surface area contributed by atoms with Crippen LogP contribution < -0.4 is 19.1 Å². The van der Waals surface area contributed by atoms with E-state index in [1.54, 1.807) is 38.5 Å². The quantitative estimate of drug-likeness (QED) is 0.780. The zero-order valence-corrected chi connectivity index (χ0v) is 18.0. The van der Waals surface area contributed by atoms with Gasteiger partial charge in [-0.1, -0.05) is 6.07 Å². The number of fused-ring (bicyclic) bond motifs is 1. The first-order valence-corrected chi connectivity index (χ1v) is 11.2. The first kappa shape index (κ1) is 21.0. The summed E-state index contributed by atoms with van der Waals surface area (Å²) in [5, 5.41) is 2.98. The Kier molecular flexibility index (Phi) is 5.75.